The summed E-state index contributed by atoms with van der Waals surface area (Å²) in [5.41, 5.74) is 3.24. The molecule has 0 saturated carbocycles. The maximum absolute atomic E-state index is 13.1. The molecule has 31 heavy (non-hydrogen) atoms. The average molecular weight is 421 g/mol. The smallest absolute Gasteiger partial charge is 0.411 e. The van der Waals surface area contributed by atoms with Crippen molar-refractivity contribution in [1.29, 1.82) is 0 Å². The second-order valence-corrected chi connectivity index (χ2v) is 7.42. The summed E-state index contributed by atoms with van der Waals surface area (Å²) < 4.78 is 1.62. The SMILES string of the molecule is C[C@H]1CN(C(=O)O)c2cc(-c3cnn(CCO)c3)ccc2N1C(=O)Cc1ccccn1. The molecule has 0 spiro atoms. The number of fused-ring (bicyclic) bond motifs is 1. The van der Waals surface area contributed by atoms with Gasteiger partial charge in [0.1, 0.15) is 0 Å². The van der Waals surface area contributed by atoms with Crippen LogP contribution in [0.1, 0.15) is 12.6 Å². The van der Waals surface area contributed by atoms with Gasteiger partial charge in [-0.05, 0) is 36.8 Å². The molecule has 3 heterocycles. The highest BCUT2D eigenvalue weighted by Gasteiger charge is 2.35. The van der Waals surface area contributed by atoms with Gasteiger partial charge in [0.15, 0.2) is 0 Å². The fourth-order valence-electron chi connectivity index (χ4n) is 3.85. The van der Waals surface area contributed by atoms with Crippen LogP contribution in [0, 0.1) is 0 Å². The van der Waals surface area contributed by atoms with Crippen molar-refractivity contribution in [3.05, 3.63) is 60.7 Å². The zero-order chi connectivity index (χ0) is 22.0. The summed E-state index contributed by atoms with van der Waals surface area (Å²) in [5.74, 6) is -0.138. The lowest BCUT2D eigenvalue weighted by Crippen LogP contribution is -2.52. The minimum Gasteiger partial charge on any atom is -0.465 e. The zero-order valence-electron chi connectivity index (χ0n) is 17.0. The maximum atomic E-state index is 13.1. The van der Waals surface area contributed by atoms with Crippen molar-refractivity contribution < 1.29 is 19.8 Å². The first kappa shape index (κ1) is 20.5. The summed E-state index contributed by atoms with van der Waals surface area (Å²) >= 11 is 0. The van der Waals surface area contributed by atoms with Gasteiger partial charge in [0.2, 0.25) is 5.91 Å². The summed E-state index contributed by atoms with van der Waals surface area (Å²) in [4.78, 5) is 32.2. The zero-order valence-corrected chi connectivity index (χ0v) is 17.0. The molecular formula is C22H23N5O4. The number of hydrogen-bond donors (Lipinski definition) is 2. The van der Waals surface area contributed by atoms with Crippen LogP contribution >= 0.6 is 0 Å². The third-order valence-corrected chi connectivity index (χ3v) is 5.27. The number of carboxylic acid groups (broad SMARTS) is 1. The van der Waals surface area contributed by atoms with Gasteiger partial charge < -0.3 is 15.1 Å². The molecule has 1 aliphatic rings. The molecule has 2 aromatic heterocycles. The highest BCUT2D eigenvalue weighted by molar-refractivity contribution is 6.04. The van der Waals surface area contributed by atoms with Crippen molar-refractivity contribution in [1.82, 2.24) is 14.8 Å². The molecule has 0 saturated heterocycles. The maximum Gasteiger partial charge on any atom is 0.411 e. The monoisotopic (exact) mass is 421 g/mol. The molecule has 9 nitrogen and oxygen atoms in total. The summed E-state index contributed by atoms with van der Waals surface area (Å²) in [7, 11) is 0. The van der Waals surface area contributed by atoms with E-state index >= 15 is 0 Å². The molecule has 2 amide bonds. The van der Waals surface area contributed by atoms with Gasteiger partial charge in [-0.3, -0.25) is 19.4 Å². The Morgan fingerprint density at radius 3 is 2.71 bits per heavy atom. The van der Waals surface area contributed by atoms with Crippen LogP contribution in [-0.4, -0.2) is 56.2 Å². The van der Waals surface area contributed by atoms with Gasteiger partial charge in [-0.1, -0.05) is 12.1 Å². The Kier molecular flexibility index (Phi) is 5.68. The summed E-state index contributed by atoms with van der Waals surface area (Å²) in [5, 5.41) is 23.1. The third kappa shape index (κ3) is 4.13. The van der Waals surface area contributed by atoms with E-state index in [4.69, 9.17) is 5.11 Å². The predicted molar refractivity (Wildman–Crippen MR) is 115 cm³/mol. The second-order valence-electron chi connectivity index (χ2n) is 7.42. The standard InChI is InChI=1S/C22H23N5O4/c1-15-13-26(22(30)31)20-10-16(17-12-24-25(14-17)8-9-28)5-6-19(20)27(15)21(29)11-18-4-2-3-7-23-18/h2-7,10,12,14-15,28H,8-9,11,13H2,1H3,(H,30,31)/t15-/m0/s1. The second kappa shape index (κ2) is 8.57. The van der Waals surface area contributed by atoms with Gasteiger partial charge in [-0.25, -0.2) is 4.79 Å². The van der Waals surface area contributed by atoms with E-state index in [-0.39, 0.29) is 31.5 Å². The molecule has 9 heteroatoms. The number of anilines is 2. The molecule has 3 aromatic rings. The largest absolute Gasteiger partial charge is 0.465 e. The number of aromatic nitrogens is 3. The van der Waals surface area contributed by atoms with Crippen LogP contribution in [0.15, 0.2) is 55.0 Å². The number of carbonyl (C=O) groups is 2. The number of nitrogens with zero attached hydrogens (tertiary/aromatic N) is 5. The van der Waals surface area contributed by atoms with Gasteiger partial charge in [-0.2, -0.15) is 5.10 Å². The Bertz CT molecular complexity index is 1100. The Labute approximate surface area is 179 Å². The Morgan fingerprint density at radius 2 is 2.00 bits per heavy atom. The fourth-order valence-corrected chi connectivity index (χ4v) is 3.85. The van der Waals surface area contributed by atoms with E-state index in [0.717, 1.165) is 11.1 Å². The number of benzene rings is 1. The Hall–Kier alpha value is -3.72. The van der Waals surface area contributed by atoms with Gasteiger partial charge in [-0.15, -0.1) is 0 Å². The van der Waals surface area contributed by atoms with E-state index in [1.165, 1.54) is 4.90 Å². The van der Waals surface area contributed by atoms with Crippen LogP contribution in [-0.2, 0) is 17.8 Å². The molecule has 0 bridgehead atoms. The molecule has 0 radical (unpaired) electrons. The third-order valence-electron chi connectivity index (χ3n) is 5.27. The van der Waals surface area contributed by atoms with Crippen LogP contribution in [0.2, 0.25) is 0 Å². The molecule has 1 atom stereocenters. The lowest BCUT2D eigenvalue weighted by Gasteiger charge is -2.40. The molecule has 0 fully saturated rings. The van der Waals surface area contributed by atoms with Crippen LogP contribution < -0.4 is 9.80 Å². The number of pyridine rings is 1. The van der Waals surface area contributed by atoms with Crippen LogP contribution in [0.3, 0.4) is 0 Å². The number of aliphatic hydroxyl groups excluding tert-OH is 1. The van der Waals surface area contributed by atoms with Gasteiger partial charge in [0.25, 0.3) is 0 Å². The first-order valence-corrected chi connectivity index (χ1v) is 9.98. The molecule has 1 aliphatic heterocycles. The minimum atomic E-state index is -1.07. The molecule has 4 rings (SSSR count). The molecule has 2 N–H and O–H groups in total. The van der Waals surface area contributed by atoms with E-state index in [9.17, 15) is 14.7 Å². The van der Waals surface area contributed by atoms with E-state index in [1.54, 1.807) is 52.4 Å². The lowest BCUT2D eigenvalue weighted by molar-refractivity contribution is -0.118. The van der Waals surface area contributed by atoms with E-state index in [0.29, 0.717) is 23.6 Å². The number of aliphatic hydroxyl groups is 1. The quantitative estimate of drug-likeness (QED) is 0.654. The number of carbonyl (C=O) groups excluding carboxylic acids is 1. The van der Waals surface area contributed by atoms with Crippen molar-refractivity contribution in [2.45, 2.75) is 25.9 Å². The van der Waals surface area contributed by atoms with Gasteiger partial charge >= 0.3 is 6.09 Å². The topological polar surface area (TPSA) is 112 Å². The van der Waals surface area contributed by atoms with Crippen LogP contribution in [0.25, 0.3) is 11.1 Å². The minimum absolute atomic E-state index is 0.0245. The summed E-state index contributed by atoms with van der Waals surface area (Å²) in [6.45, 7) is 2.36. The molecular weight excluding hydrogens is 398 g/mol. The van der Waals surface area contributed by atoms with Crippen molar-refractivity contribution in [2.75, 3.05) is 23.0 Å². The van der Waals surface area contributed by atoms with Crippen molar-refractivity contribution in [2.24, 2.45) is 0 Å². The summed E-state index contributed by atoms with van der Waals surface area (Å²) in [6, 6.07) is 10.5. The van der Waals surface area contributed by atoms with Gasteiger partial charge in [0.05, 0.1) is 43.2 Å². The van der Waals surface area contributed by atoms with Crippen LogP contribution in [0.5, 0.6) is 0 Å². The molecule has 0 aliphatic carbocycles. The molecule has 0 unspecified atom stereocenters. The Morgan fingerprint density at radius 1 is 1.16 bits per heavy atom. The Balaban J connectivity index is 1.71. The van der Waals surface area contributed by atoms with Crippen molar-refractivity contribution >= 4 is 23.4 Å². The molecule has 160 valence electrons. The van der Waals surface area contributed by atoms with Crippen molar-refractivity contribution in [3.8, 4) is 11.1 Å². The predicted octanol–water partition coefficient (Wildman–Crippen LogP) is 2.40. The number of rotatable bonds is 5. The highest BCUT2D eigenvalue weighted by atomic mass is 16.4. The van der Waals surface area contributed by atoms with E-state index in [1.807, 2.05) is 19.1 Å². The molecule has 1 aromatic carbocycles. The van der Waals surface area contributed by atoms with Gasteiger partial charge in [0, 0.05) is 30.2 Å². The first-order valence-electron chi connectivity index (χ1n) is 9.98. The first-order chi connectivity index (χ1) is 15.0. The normalized spacial score (nSPS) is 15.6. The van der Waals surface area contributed by atoms with E-state index in [2.05, 4.69) is 10.1 Å². The average Bonchev–Trinajstić information content (AvgIpc) is 3.22. The van der Waals surface area contributed by atoms with E-state index < -0.39 is 6.09 Å². The number of amides is 2. The fraction of sp³-hybridized carbons (Fsp3) is 0.273. The highest BCUT2D eigenvalue weighted by Crippen LogP contribution is 2.39. The number of hydrogen-bond acceptors (Lipinski definition) is 5. The van der Waals surface area contributed by atoms with Crippen LogP contribution in [0.4, 0.5) is 16.2 Å². The van der Waals surface area contributed by atoms with Crippen molar-refractivity contribution in [3.63, 3.8) is 0 Å². The lowest BCUT2D eigenvalue weighted by atomic mass is 10.0. The summed E-state index contributed by atoms with van der Waals surface area (Å²) in [6.07, 6.45) is 4.16.